The van der Waals surface area contributed by atoms with E-state index in [1.165, 1.54) is 12.4 Å². The molecule has 1 heterocycles. The summed E-state index contributed by atoms with van der Waals surface area (Å²) in [6.45, 7) is 0. The molecular formula is C12H11ClN2O3. The van der Waals surface area contributed by atoms with Crippen molar-refractivity contribution in [3.05, 3.63) is 47.3 Å². The molecule has 1 aliphatic rings. The largest absolute Gasteiger partial charge is 0.465 e. The van der Waals surface area contributed by atoms with Gasteiger partial charge in [-0.3, -0.25) is 9.69 Å². The van der Waals surface area contributed by atoms with E-state index in [1.807, 2.05) is 0 Å². The molecule has 0 radical (unpaired) electrons. The first-order chi connectivity index (χ1) is 8.58. The van der Waals surface area contributed by atoms with Crippen molar-refractivity contribution in [1.82, 2.24) is 10.2 Å². The Morgan fingerprint density at radius 3 is 2.67 bits per heavy atom. The van der Waals surface area contributed by atoms with Crippen LogP contribution in [0.1, 0.15) is 5.56 Å². The lowest BCUT2D eigenvalue weighted by Gasteiger charge is -2.28. The maximum atomic E-state index is 11.7. The fraction of sp³-hybridized carbons (Fsp3) is 0.167. The lowest BCUT2D eigenvalue weighted by atomic mass is 10.0. The first-order valence-corrected chi connectivity index (χ1v) is 5.68. The summed E-state index contributed by atoms with van der Waals surface area (Å²) in [5, 5.41) is 12.1. The lowest BCUT2D eigenvalue weighted by Crippen LogP contribution is -2.49. The summed E-state index contributed by atoms with van der Waals surface area (Å²) in [5.74, 6) is -0.338. The third-order valence-electron chi connectivity index (χ3n) is 2.66. The fourth-order valence-electron chi connectivity index (χ4n) is 1.76. The van der Waals surface area contributed by atoms with Crippen LogP contribution in [-0.2, 0) is 11.2 Å². The predicted octanol–water partition coefficient (Wildman–Crippen LogP) is 1.83. The van der Waals surface area contributed by atoms with Crippen molar-refractivity contribution in [2.45, 2.75) is 12.5 Å². The van der Waals surface area contributed by atoms with Crippen LogP contribution in [0.15, 0.2) is 36.7 Å². The number of amides is 2. The predicted molar refractivity (Wildman–Crippen MR) is 66.1 cm³/mol. The van der Waals surface area contributed by atoms with E-state index in [9.17, 15) is 9.59 Å². The molecule has 6 heteroatoms. The number of benzene rings is 1. The SMILES string of the molecule is O=C1NC=CN(C(=O)O)C1Cc1ccc(Cl)cc1. The van der Waals surface area contributed by atoms with Gasteiger partial charge < -0.3 is 10.4 Å². The molecule has 5 nitrogen and oxygen atoms in total. The van der Waals surface area contributed by atoms with Crippen molar-refractivity contribution in [1.29, 1.82) is 0 Å². The standard InChI is InChI=1S/C12H11ClN2O3/c13-9-3-1-8(2-4-9)7-10-11(16)14-5-6-15(10)12(17)18/h1-6,10H,7H2,(H,14,16)(H,17,18). The molecule has 1 unspecified atom stereocenters. The smallest absolute Gasteiger partial charge is 0.412 e. The first-order valence-electron chi connectivity index (χ1n) is 5.30. The van der Waals surface area contributed by atoms with Crippen molar-refractivity contribution >= 4 is 23.6 Å². The van der Waals surface area contributed by atoms with Gasteiger partial charge in [0.2, 0.25) is 5.91 Å². The number of rotatable bonds is 2. The van der Waals surface area contributed by atoms with Crippen LogP contribution in [0.2, 0.25) is 5.02 Å². The molecule has 2 N–H and O–H groups in total. The Hall–Kier alpha value is -2.01. The van der Waals surface area contributed by atoms with Crippen LogP contribution in [0.25, 0.3) is 0 Å². The molecular weight excluding hydrogens is 256 g/mol. The molecule has 0 spiro atoms. The normalized spacial score (nSPS) is 18.6. The molecule has 1 aromatic rings. The summed E-state index contributed by atoms with van der Waals surface area (Å²) in [5.41, 5.74) is 0.848. The van der Waals surface area contributed by atoms with Crippen LogP contribution in [0.5, 0.6) is 0 Å². The van der Waals surface area contributed by atoms with Crippen LogP contribution < -0.4 is 5.32 Å². The third kappa shape index (κ3) is 2.62. The van der Waals surface area contributed by atoms with Gasteiger partial charge in [-0.2, -0.15) is 0 Å². The number of hydrogen-bond donors (Lipinski definition) is 2. The van der Waals surface area contributed by atoms with E-state index >= 15 is 0 Å². The second-order valence-corrected chi connectivity index (χ2v) is 4.30. The van der Waals surface area contributed by atoms with Crippen molar-refractivity contribution in [2.75, 3.05) is 0 Å². The highest BCUT2D eigenvalue weighted by molar-refractivity contribution is 6.30. The number of carbonyl (C=O) groups excluding carboxylic acids is 1. The number of carbonyl (C=O) groups is 2. The molecule has 0 bridgehead atoms. The Balaban J connectivity index is 2.19. The second-order valence-electron chi connectivity index (χ2n) is 3.86. The molecule has 94 valence electrons. The topological polar surface area (TPSA) is 69.6 Å². The summed E-state index contributed by atoms with van der Waals surface area (Å²) >= 11 is 5.77. The lowest BCUT2D eigenvalue weighted by molar-refractivity contribution is -0.124. The Labute approximate surface area is 109 Å². The minimum atomic E-state index is -1.15. The molecule has 18 heavy (non-hydrogen) atoms. The van der Waals surface area contributed by atoms with Gasteiger partial charge in [-0.15, -0.1) is 0 Å². The fourth-order valence-corrected chi connectivity index (χ4v) is 1.88. The summed E-state index contributed by atoms with van der Waals surface area (Å²) < 4.78 is 0. The maximum Gasteiger partial charge on any atom is 0.412 e. The van der Waals surface area contributed by atoms with E-state index in [4.69, 9.17) is 16.7 Å². The van der Waals surface area contributed by atoms with Gasteiger partial charge in [0, 0.05) is 23.8 Å². The first kappa shape index (κ1) is 12.4. The molecule has 1 aromatic carbocycles. The van der Waals surface area contributed by atoms with Crippen LogP contribution in [0.3, 0.4) is 0 Å². The van der Waals surface area contributed by atoms with Gasteiger partial charge in [-0.05, 0) is 17.7 Å². The number of hydrogen-bond acceptors (Lipinski definition) is 2. The zero-order valence-electron chi connectivity index (χ0n) is 9.34. The monoisotopic (exact) mass is 266 g/mol. The Morgan fingerprint density at radius 2 is 2.06 bits per heavy atom. The molecule has 0 saturated heterocycles. The molecule has 0 aliphatic carbocycles. The zero-order chi connectivity index (χ0) is 13.1. The number of carboxylic acid groups (broad SMARTS) is 1. The van der Waals surface area contributed by atoms with Gasteiger partial charge in [-0.1, -0.05) is 23.7 Å². The highest BCUT2D eigenvalue weighted by Crippen LogP contribution is 2.15. The van der Waals surface area contributed by atoms with E-state index < -0.39 is 12.1 Å². The van der Waals surface area contributed by atoms with E-state index in [2.05, 4.69) is 5.32 Å². The molecule has 0 aromatic heterocycles. The van der Waals surface area contributed by atoms with Gasteiger partial charge >= 0.3 is 6.09 Å². The van der Waals surface area contributed by atoms with Crippen LogP contribution in [0, 0.1) is 0 Å². The minimum Gasteiger partial charge on any atom is -0.465 e. The summed E-state index contributed by atoms with van der Waals surface area (Å²) in [6.07, 6.45) is 1.80. The van der Waals surface area contributed by atoms with E-state index in [0.717, 1.165) is 10.5 Å². The maximum absolute atomic E-state index is 11.7. The summed E-state index contributed by atoms with van der Waals surface area (Å²) in [4.78, 5) is 23.7. The van der Waals surface area contributed by atoms with Crippen molar-refractivity contribution in [2.24, 2.45) is 0 Å². The van der Waals surface area contributed by atoms with Crippen molar-refractivity contribution < 1.29 is 14.7 Å². The Morgan fingerprint density at radius 1 is 1.39 bits per heavy atom. The van der Waals surface area contributed by atoms with Crippen LogP contribution in [0.4, 0.5) is 4.79 Å². The van der Waals surface area contributed by atoms with E-state index in [1.54, 1.807) is 24.3 Å². The summed E-state index contributed by atoms with van der Waals surface area (Å²) in [7, 11) is 0. The Bertz CT molecular complexity index is 499. The number of nitrogens with zero attached hydrogens (tertiary/aromatic N) is 1. The molecule has 2 amide bonds. The van der Waals surface area contributed by atoms with Gasteiger partial charge in [0.1, 0.15) is 6.04 Å². The second kappa shape index (κ2) is 5.10. The zero-order valence-corrected chi connectivity index (χ0v) is 10.1. The Kier molecular flexibility index (Phi) is 3.53. The molecule has 0 saturated carbocycles. The quantitative estimate of drug-likeness (QED) is 0.858. The molecule has 1 atom stereocenters. The molecule has 0 fully saturated rings. The summed E-state index contributed by atoms with van der Waals surface area (Å²) in [6, 6.07) is 6.20. The highest BCUT2D eigenvalue weighted by Gasteiger charge is 2.30. The van der Waals surface area contributed by atoms with Crippen LogP contribution in [-0.4, -0.2) is 28.0 Å². The van der Waals surface area contributed by atoms with E-state index in [-0.39, 0.29) is 5.91 Å². The molecule has 1 aliphatic heterocycles. The average Bonchev–Trinajstić information content (AvgIpc) is 2.34. The van der Waals surface area contributed by atoms with Gasteiger partial charge in [0.05, 0.1) is 0 Å². The highest BCUT2D eigenvalue weighted by atomic mass is 35.5. The van der Waals surface area contributed by atoms with Gasteiger partial charge in [-0.25, -0.2) is 4.79 Å². The van der Waals surface area contributed by atoms with Gasteiger partial charge in [0.15, 0.2) is 0 Å². The van der Waals surface area contributed by atoms with Crippen molar-refractivity contribution in [3.63, 3.8) is 0 Å². The van der Waals surface area contributed by atoms with Crippen molar-refractivity contribution in [3.8, 4) is 0 Å². The minimum absolute atomic E-state index is 0.305. The average molecular weight is 267 g/mol. The number of halogens is 1. The number of nitrogens with one attached hydrogen (secondary N) is 1. The third-order valence-corrected chi connectivity index (χ3v) is 2.91. The van der Waals surface area contributed by atoms with E-state index in [0.29, 0.717) is 11.4 Å². The van der Waals surface area contributed by atoms with Crippen LogP contribution >= 0.6 is 11.6 Å². The molecule has 2 rings (SSSR count). The van der Waals surface area contributed by atoms with Gasteiger partial charge in [0.25, 0.3) is 0 Å².